The van der Waals surface area contributed by atoms with Gasteiger partial charge in [-0.3, -0.25) is 9.59 Å². The van der Waals surface area contributed by atoms with Gasteiger partial charge in [-0.2, -0.15) is 0 Å². The van der Waals surface area contributed by atoms with Crippen LogP contribution in [0.25, 0.3) is 0 Å². The van der Waals surface area contributed by atoms with Gasteiger partial charge in [0, 0.05) is 75.0 Å². The molecule has 28 nitrogen and oxygen atoms in total. The largest absolute Gasteiger partial charge is 1.00 e. The fraction of sp³-hybridized carbons (Fsp3) is 0.977. The molecule has 8 saturated heterocycles. The van der Waals surface area contributed by atoms with Crippen molar-refractivity contribution in [3.8, 4) is 0 Å². The summed E-state index contributed by atoms with van der Waals surface area (Å²) in [5, 5.41) is 56.2. The summed E-state index contributed by atoms with van der Waals surface area (Å²) in [5.74, 6) is -8.60. The minimum atomic E-state index is -3.73. The van der Waals surface area contributed by atoms with Crippen LogP contribution in [0, 0.1) is 47.3 Å². The van der Waals surface area contributed by atoms with E-state index in [2.05, 4.69) is 88.4 Å². The van der Waals surface area contributed by atoms with E-state index in [-0.39, 0.29) is 92.4 Å². The Morgan fingerprint density at radius 1 is 0.425 bits per heavy atom. The molecule has 4 bridgehead atoms. The van der Waals surface area contributed by atoms with Gasteiger partial charge in [-0.05, 0) is 240 Å². The fourth-order valence-corrected chi connectivity index (χ4v) is 25.9. The SMILES string of the molecule is CC[C@H]1OC(=O)[C@H](C)[C@@H](O[C@H]2C[C@@](C)(OC)[C@@H](O[Si](C)(C)C)[C@H](C)O2)[C@H](C)[C@@H](O[C@@H]2O[C@H](C)C[C@H](N(C)C)[C@H]2O[Si](C)(C)C)[C@](C)(O)C[C@@H](C)[C@@H]2O[B-]3(O[C@@H]4[C@H](C)[C@@H](O3)[C@](C)(O)[C@@H](CC)OC(=O)[C@H](C)[C@@H](O[C@H]3C[C@@](C)(OC)[C@@H](O[Si](C)(C)C)[C@H](C)O3)[C@H](C)[C@@H](O[C@@H]3O[C@H](C)C[C@H](N(C)C)[C@H]3O[Si](C)(C)C)[C@](C)(O)C[C@H]4C)O[C@H]([C@H]2C)[C@]1(C)O.[Na+]. The summed E-state index contributed by atoms with van der Waals surface area (Å²) < 4.78 is 141. The van der Waals surface area contributed by atoms with E-state index < -0.39 is 256 Å². The first kappa shape index (κ1) is 107. The Hall–Kier alpha value is -0.0875. The van der Waals surface area contributed by atoms with E-state index >= 15 is 9.59 Å². The number of carbonyl (C=O) groups is 2. The Kier molecular flexibility index (Phi) is 36.1. The van der Waals surface area contributed by atoms with Gasteiger partial charge in [0.2, 0.25) is 0 Å². The number of likely N-dealkylation sites (N-methyl/N-ethyl adjacent to an activating group) is 2. The van der Waals surface area contributed by atoms with Crippen LogP contribution in [0.2, 0.25) is 78.6 Å². The summed E-state index contributed by atoms with van der Waals surface area (Å²) in [6, 6.07) is -0.354. The second-order valence-corrected chi connectivity index (χ2v) is 61.1. The van der Waals surface area contributed by atoms with Gasteiger partial charge in [0.1, 0.15) is 35.6 Å². The van der Waals surface area contributed by atoms with Crippen LogP contribution >= 0.6 is 0 Å². The van der Waals surface area contributed by atoms with E-state index in [1.807, 2.05) is 125 Å². The van der Waals surface area contributed by atoms with Crippen molar-refractivity contribution in [2.24, 2.45) is 47.3 Å². The number of nitrogens with zero attached hydrogens (tertiary/aromatic N) is 2. The van der Waals surface area contributed by atoms with Gasteiger partial charge >= 0.3 is 48.5 Å². The molecule has 696 valence electrons. The van der Waals surface area contributed by atoms with Gasteiger partial charge in [-0.15, -0.1) is 0 Å². The number of esters is 2. The maximum absolute atomic E-state index is 15.9. The van der Waals surface area contributed by atoms with Gasteiger partial charge in [0.15, 0.2) is 58.4 Å². The topological polar surface area (TPSA) is 306 Å². The van der Waals surface area contributed by atoms with Crippen molar-refractivity contribution in [3.63, 3.8) is 0 Å². The number of hydrogen-bond acceptors (Lipinski definition) is 28. The monoisotopic (exact) mass is 1790 g/mol. The third-order valence-corrected chi connectivity index (χ3v) is 30.9. The van der Waals surface area contributed by atoms with Crippen LogP contribution in [0.5, 0.6) is 0 Å². The summed E-state index contributed by atoms with van der Waals surface area (Å²) in [6.45, 7) is 58.7. The standard InChI is InChI=1S/C86H166BN2O26Si4.Na/c1-39-61-85(19,94)73-51(7)65(47(3)43-81(15,92)71(106-79-69(112-116(27,28)29)59(88(21)22)41-49(5)98-79)53(9)67(55(11)77(90)102-61)104-63-45-83(17,96-25)75(57(13)100-63)114-118(33,34)35)108-87(110-73)109-66-48(4)44-82(16,93)72(107-80-70(113-117(30,31)32)60(89(23)24)42-50(6)99-80)54(10)68(56(12)78(91)103-62(40-2)86(20,95)74(111-87)52(66)8)105-64-46-84(18,97-26)76(58(14)101-64)115-119(36,37)38;/h47-76,79-80,92-95H,39-46H2,1-38H3;/q-1;+1/t47-,48-,49-,50-,51+,52+,53+,54+,55-,56-,57+,58+,59+,60+,61-,62-,63+,64+,65+,66+,67+,68+,69-,70-,71-,72-,73-,74-,75+,76+,79+,80+,81-,82-,83-,84-,85-,86-,87?;/m1./s1. The van der Waals surface area contributed by atoms with Crippen molar-refractivity contribution >= 4 is 52.2 Å². The molecule has 0 saturated carbocycles. The first-order valence-electron chi connectivity index (χ1n) is 44.9. The Morgan fingerprint density at radius 3 is 1.01 bits per heavy atom. The van der Waals surface area contributed by atoms with Crippen molar-refractivity contribution in [1.82, 2.24) is 9.80 Å². The summed E-state index contributed by atoms with van der Waals surface area (Å²) in [4.78, 5) is 36.0. The first-order valence-corrected chi connectivity index (χ1v) is 58.5. The van der Waals surface area contributed by atoms with E-state index in [4.69, 9.17) is 93.2 Å². The molecule has 120 heavy (non-hydrogen) atoms. The number of hydrogen-bond donors (Lipinski definition) is 4. The summed E-state index contributed by atoms with van der Waals surface area (Å²) in [7, 11) is 2.21. The summed E-state index contributed by atoms with van der Waals surface area (Å²) in [6.07, 6.45) is -18.4. The van der Waals surface area contributed by atoms with E-state index in [9.17, 15) is 20.4 Å². The van der Waals surface area contributed by atoms with E-state index in [1.165, 1.54) is 0 Å². The Labute approximate surface area is 748 Å². The van der Waals surface area contributed by atoms with E-state index in [1.54, 1.807) is 55.8 Å². The Bertz CT molecular complexity index is 3070. The zero-order valence-electron chi connectivity index (χ0n) is 81.4. The third kappa shape index (κ3) is 25.0. The number of carbonyl (C=O) groups excluding carboxylic acids is 2. The van der Waals surface area contributed by atoms with Gasteiger partial charge in [-0.25, -0.2) is 0 Å². The molecule has 8 rings (SSSR count). The number of cyclic esters (lactones) is 2. The molecule has 0 aromatic carbocycles. The Balaban J connectivity index is 0.0000198. The summed E-state index contributed by atoms with van der Waals surface area (Å²) in [5.41, 5.74) is -9.79. The average Bonchev–Trinajstić information content (AvgIpc) is 0.720. The average molecular weight is 1790 g/mol. The second kappa shape index (κ2) is 40.6. The van der Waals surface area contributed by atoms with Gasteiger partial charge < -0.3 is 123 Å². The smallest absolute Gasteiger partial charge is 0.516 e. The number of fused-ring (bicyclic) bond motifs is 4. The van der Waals surface area contributed by atoms with Crippen molar-refractivity contribution in [2.45, 2.75) is 449 Å². The van der Waals surface area contributed by atoms with Crippen LogP contribution in [0.3, 0.4) is 0 Å². The molecule has 0 radical (unpaired) electrons. The van der Waals surface area contributed by atoms with Crippen molar-refractivity contribution in [1.29, 1.82) is 0 Å². The molecule has 0 unspecified atom stereocenters. The third-order valence-electron chi connectivity index (χ3n) is 27.0. The zero-order chi connectivity index (χ0) is 90.1. The molecule has 0 aromatic rings. The van der Waals surface area contributed by atoms with E-state index in [0.29, 0.717) is 12.8 Å². The molecule has 8 fully saturated rings. The zero-order valence-corrected chi connectivity index (χ0v) is 87.4. The van der Waals surface area contributed by atoms with E-state index in [0.717, 1.165) is 0 Å². The molecule has 38 atom stereocenters. The normalized spacial score (nSPS) is 48.0. The maximum atomic E-state index is 15.9. The molecule has 4 N–H and O–H groups in total. The predicted molar refractivity (Wildman–Crippen MR) is 465 cm³/mol. The van der Waals surface area contributed by atoms with Crippen LogP contribution in [-0.4, -0.2) is 306 Å². The van der Waals surface area contributed by atoms with Gasteiger partial charge in [0.25, 0.3) is 0 Å². The predicted octanol–water partition coefficient (Wildman–Crippen LogP) is 9.17. The molecule has 8 aliphatic rings. The van der Waals surface area contributed by atoms with Crippen LogP contribution in [0.4, 0.5) is 0 Å². The minimum Gasteiger partial charge on any atom is -0.516 e. The number of ether oxygens (including phenoxy) is 12. The van der Waals surface area contributed by atoms with Gasteiger partial charge in [0.05, 0.1) is 107 Å². The minimum absolute atomic E-state index is 0. The number of aliphatic hydroxyl groups is 4. The molecule has 0 aliphatic carbocycles. The second-order valence-electron chi connectivity index (χ2n) is 43.3. The fourth-order valence-electron chi connectivity index (χ4n) is 21.3. The van der Waals surface area contributed by atoms with Crippen molar-refractivity contribution in [3.05, 3.63) is 0 Å². The quantitative estimate of drug-likeness (QED) is 0.0580. The molecule has 34 heteroatoms. The van der Waals surface area contributed by atoms with Gasteiger partial charge in [-0.1, -0.05) is 55.4 Å². The van der Waals surface area contributed by atoms with Crippen LogP contribution < -0.4 is 29.6 Å². The maximum Gasteiger partial charge on any atom is 1.00 e. The number of methoxy groups -OCH3 is 2. The molecule has 8 aliphatic heterocycles. The van der Waals surface area contributed by atoms with Crippen molar-refractivity contribution < 1.29 is 153 Å². The molecular weight excluding hydrogens is 1620 g/mol. The van der Waals surface area contributed by atoms with Crippen LogP contribution in [-0.2, 0) is 103 Å². The Morgan fingerprint density at radius 2 is 0.733 bits per heavy atom. The molecule has 0 amide bonds. The number of rotatable bonds is 22. The van der Waals surface area contributed by atoms with Crippen molar-refractivity contribution in [2.75, 3.05) is 42.4 Å². The van der Waals surface area contributed by atoms with Crippen LogP contribution in [0.1, 0.15) is 190 Å². The first-order chi connectivity index (χ1) is 54.3. The molecule has 8 heterocycles. The molecular formula is C86H166BN2NaO26Si4. The summed E-state index contributed by atoms with van der Waals surface area (Å²) >= 11 is 0. The molecule has 1 spiro atoms. The molecule has 0 aromatic heterocycles. The van der Waals surface area contributed by atoms with Crippen LogP contribution in [0.15, 0.2) is 0 Å².